The van der Waals surface area contributed by atoms with Crippen LogP contribution < -0.4 is 4.74 Å². The number of alkyl halides is 3. The number of ether oxygens (including phenoxy) is 1. The Morgan fingerprint density at radius 1 is 1.29 bits per heavy atom. The van der Waals surface area contributed by atoms with E-state index < -0.39 is 23.6 Å². The van der Waals surface area contributed by atoms with Crippen LogP contribution in [-0.2, 0) is 6.18 Å². The van der Waals surface area contributed by atoms with E-state index >= 15 is 0 Å². The molecule has 1 aromatic heterocycles. The number of carboxylic acid groups (broad SMARTS) is 1. The maximum atomic E-state index is 12.8. The predicted octanol–water partition coefficient (Wildman–Crippen LogP) is 3.90. The molecular formula is C14H10F3NO3. The minimum absolute atomic E-state index is 0.0249. The highest BCUT2D eigenvalue weighted by molar-refractivity contribution is 5.88. The lowest BCUT2D eigenvalue weighted by Gasteiger charge is -2.13. The summed E-state index contributed by atoms with van der Waals surface area (Å²) in [6.07, 6.45) is -3.40. The summed E-state index contributed by atoms with van der Waals surface area (Å²) in [4.78, 5) is 14.4. The second-order valence-electron chi connectivity index (χ2n) is 4.24. The third-order valence-electron chi connectivity index (χ3n) is 2.71. The number of aromatic nitrogens is 1. The lowest BCUT2D eigenvalue weighted by molar-refractivity contribution is -0.138. The van der Waals surface area contributed by atoms with Crippen LogP contribution in [0.4, 0.5) is 13.2 Å². The molecule has 2 aromatic rings. The Balaban J connectivity index is 2.38. The van der Waals surface area contributed by atoms with Crippen molar-refractivity contribution in [1.82, 2.24) is 4.98 Å². The van der Waals surface area contributed by atoms with Gasteiger partial charge in [-0.25, -0.2) is 9.78 Å². The molecule has 1 heterocycles. The number of aromatic carboxylic acids is 1. The van der Waals surface area contributed by atoms with Crippen molar-refractivity contribution in [1.29, 1.82) is 0 Å². The van der Waals surface area contributed by atoms with E-state index in [9.17, 15) is 18.0 Å². The number of rotatable bonds is 3. The van der Waals surface area contributed by atoms with E-state index in [0.29, 0.717) is 5.56 Å². The largest absolute Gasteiger partial charge is 0.478 e. The molecule has 1 N–H and O–H groups in total. The van der Waals surface area contributed by atoms with Crippen LogP contribution in [-0.4, -0.2) is 16.1 Å². The average molecular weight is 297 g/mol. The molecule has 0 saturated carbocycles. The number of carboxylic acids is 1. The van der Waals surface area contributed by atoms with Crippen molar-refractivity contribution >= 4 is 5.97 Å². The van der Waals surface area contributed by atoms with Gasteiger partial charge in [0.1, 0.15) is 11.3 Å². The Hall–Kier alpha value is -2.57. The number of nitrogens with zero attached hydrogens (tertiary/aromatic N) is 1. The molecule has 0 radical (unpaired) electrons. The molecule has 0 saturated heterocycles. The van der Waals surface area contributed by atoms with Gasteiger partial charge in [0.05, 0.1) is 5.56 Å². The van der Waals surface area contributed by atoms with Gasteiger partial charge < -0.3 is 9.84 Å². The van der Waals surface area contributed by atoms with Crippen molar-refractivity contribution in [2.24, 2.45) is 0 Å². The van der Waals surface area contributed by atoms with E-state index in [1.54, 1.807) is 0 Å². The molecular weight excluding hydrogens is 287 g/mol. The summed E-state index contributed by atoms with van der Waals surface area (Å²) in [6, 6.07) is 5.89. The number of hydrogen-bond donors (Lipinski definition) is 1. The summed E-state index contributed by atoms with van der Waals surface area (Å²) in [7, 11) is 0. The molecule has 7 heteroatoms. The first kappa shape index (κ1) is 14.8. The Bertz CT molecular complexity index is 683. The highest BCUT2D eigenvalue weighted by Crippen LogP contribution is 2.37. The second kappa shape index (κ2) is 5.43. The number of carbonyl (C=O) groups is 1. The third kappa shape index (κ3) is 3.31. The Morgan fingerprint density at radius 2 is 2.00 bits per heavy atom. The van der Waals surface area contributed by atoms with Crippen LogP contribution in [0.15, 0.2) is 36.5 Å². The molecule has 110 valence electrons. The summed E-state index contributed by atoms with van der Waals surface area (Å²) in [5, 5.41) is 8.84. The molecule has 0 fully saturated rings. The van der Waals surface area contributed by atoms with E-state index in [1.807, 2.05) is 0 Å². The molecule has 0 spiro atoms. The van der Waals surface area contributed by atoms with Crippen molar-refractivity contribution in [2.45, 2.75) is 13.1 Å². The van der Waals surface area contributed by atoms with Crippen molar-refractivity contribution in [2.75, 3.05) is 0 Å². The number of aryl methyl sites for hydroxylation is 1. The fourth-order valence-corrected chi connectivity index (χ4v) is 1.69. The molecule has 0 unspecified atom stereocenters. The summed E-state index contributed by atoms with van der Waals surface area (Å²) >= 11 is 0. The zero-order valence-electron chi connectivity index (χ0n) is 10.8. The van der Waals surface area contributed by atoms with Crippen LogP contribution in [0.25, 0.3) is 0 Å². The summed E-state index contributed by atoms with van der Waals surface area (Å²) < 4.78 is 43.6. The number of pyridine rings is 1. The van der Waals surface area contributed by atoms with E-state index in [2.05, 4.69) is 4.98 Å². The summed E-state index contributed by atoms with van der Waals surface area (Å²) in [6.45, 7) is 1.54. The van der Waals surface area contributed by atoms with Crippen LogP contribution in [0.3, 0.4) is 0 Å². The quantitative estimate of drug-likeness (QED) is 0.933. The van der Waals surface area contributed by atoms with Gasteiger partial charge in [-0.15, -0.1) is 0 Å². The minimum atomic E-state index is -4.58. The third-order valence-corrected chi connectivity index (χ3v) is 2.71. The van der Waals surface area contributed by atoms with E-state index in [1.165, 1.54) is 31.3 Å². The Morgan fingerprint density at radius 3 is 2.57 bits per heavy atom. The first-order valence-corrected chi connectivity index (χ1v) is 5.83. The number of halogens is 3. The van der Waals surface area contributed by atoms with Crippen molar-refractivity contribution in [3.05, 3.63) is 53.2 Å². The van der Waals surface area contributed by atoms with Gasteiger partial charge in [-0.05, 0) is 42.8 Å². The first-order valence-electron chi connectivity index (χ1n) is 5.83. The highest BCUT2D eigenvalue weighted by Gasteiger charge is 2.35. The monoisotopic (exact) mass is 297 g/mol. The van der Waals surface area contributed by atoms with E-state index in [-0.39, 0.29) is 11.3 Å². The topological polar surface area (TPSA) is 59.4 Å². The van der Waals surface area contributed by atoms with Gasteiger partial charge in [-0.2, -0.15) is 13.2 Å². The molecule has 4 nitrogen and oxygen atoms in total. The second-order valence-corrected chi connectivity index (χ2v) is 4.24. The number of hydrogen-bond acceptors (Lipinski definition) is 3. The maximum Gasteiger partial charge on any atom is 0.421 e. The summed E-state index contributed by atoms with van der Waals surface area (Å²) in [5.74, 6) is -1.58. The molecule has 0 atom stereocenters. The molecule has 0 aliphatic carbocycles. The first-order chi connectivity index (χ1) is 9.79. The lowest BCUT2D eigenvalue weighted by atomic mass is 10.1. The van der Waals surface area contributed by atoms with Crippen molar-refractivity contribution < 1.29 is 27.8 Å². The highest BCUT2D eigenvalue weighted by atomic mass is 19.4. The fourth-order valence-electron chi connectivity index (χ4n) is 1.69. The van der Waals surface area contributed by atoms with Gasteiger partial charge in [-0.3, -0.25) is 0 Å². The van der Waals surface area contributed by atoms with E-state index in [4.69, 9.17) is 9.84 Å². The molecule has 0 bridgehead atoms. The van der Waals surface area contributed by atoms with Crippen LogP contribution in [0.5, 0.6) is 11.6 Å². The Kier molecular flexibility index (Phi) is 3.84. The van der Waals surface area contributed by atoms with E-state index in [0.717, 1.165) is 12.1 Å². The zero-order chi connectivity index (χ0) is 15.6. The van der Waals surface area contributed by atoms with Gasteiger partial charge in [0.15, 0.2) is 0 Å². The van der Waals surface area contributed by atoms with Crippen molar-refractivity contribution in [3.63, 3.8) is 0 Å². The molecule has 0 aliphatic heterocycles. The maximum absolute atomic E-state index is 12.8. The molecule has 1 aromatic carbocycles. The van der Waals surface area contributed by atoms with Crippen LogP contribution in [0.1, 0.15) is 21.5 Å². The fraction of sp³-hybridized carbons (Fsp3) is 0.143. The van der Waals surface area contributed by atoms with Gasteiger partial charge >= 0.3 is 12.1 Å². The zero-order valence-corrected chi connectivity index (χ0v) is 10.8. The predicted molar refractivity (Wildman–Crippen MR) is 67.5 cm³/mol. The standard InChI is InChI=1S/C14H10F3NO3/c1-8-7-9(13(19)20)4-5-11(8)21-12-10(14(15,16)17)3-2-6-18-12/h2-7H,1H3,(H,19,20). The van der Waals surface area contributed by atoms with Gasteiger partial charge in [-0.1, -0.05) is 0 Å². The van der Waals surface area contributed by atoms with Crippen LogP contribution in [0.2, 0.25) is 0 Å². The molecule has 0 amide bonds. The molecule has 2 rings (SSSR count). The summed E-state index contributed by atoms with van der Waals surface area (Å²) in [5.41, 5.74) is -0.572. The average Bonchev–Trinajstić information content (AvgIpc) is 2.40. The molecule has 21 heavy (non-hydrogen) atoms. The van der Waals surface area contributed by atoms with Gasteiger partial charge in [0.2, 0.25) is 5.88 Å². The number of benzene rings is 1. The van der Waals surface area contributed by atoms with Gasteiger partial charge in [0, 0.05) is 6.20 Å². The van der Waals surface area contributed by atoms with Crippen LogP contribution >= 0.6 is 0 Å². The smallest absolute Gasteiger partial charge is 0.421 e. The molecule has 0 aliphatic rings. The van der Waals surface area contributed by atoms with Crippen molar-refractivity contribution in [3.8, 4) is 11.6 Å². The SMILES string of the molecule is Cc1cc(C(=O)O)ccc1Oc1ncccc1C(F)(F)F. The normalized spacial score (nSPS) is 11.2. The van der Waals surface area contributed by atoms with Crippen LogP contribution in [0, 0.1) is 6.92 Å². The Labute approximate surface area is 117 Å². The van der Waals surface area contributed by atoms with Gasteiger partial charge in [0.25, 0.3) is 0 Å². The lowest BCUT2D eigenvalue weighted by Crippen LogP contribution is -2.08. The minimum Gasteiger partial charge on any atom is -0.478 e.